The van der Waals surface area contributed by atoms with Crippen molar-refractivity contribution in [2.24, 2.45) is 0 Å². The van der Waals surface area contributed by atoms with Crippen LogP contribution in [0.25, 0.3) is 42.0 Å². The Labute approximate surface area is 201 Å². The third-order valence-corrected chi connectivity index (χ3v) is 10.1. The molecule has 0 aliphatic heterocycles. The molecule has 2 N–H and O–H groups in total. The summed E-state index contributed by atoms with van der Waals surface area (Å²) in [5, 5.41) is 12.1. The van der Waals surface area contributed by atoms with E-state index in [9.17, 15) is 8.42 Å². The third kappa shape index (κ3) is 3.74. The number of anilines is 1. The van der Waals surface area contributed by atoms with Gasteiger partial charge >= 0.3 is 0 Å². The molecule has 0 unspecified atom stereocenters. The SMILES string of the molecule is Cc1nc(-c2ccc(S(=O)(=O)Nc3cc(-c4cc5ccccc5s4)c4[nH]ncc4c3)s2)cs1. The van der Waals surface area contributed by atoms with Crippen molar-refractivity contribution in [2.75, 3.05) is 4.72 Å². The highest BCUT2D eigenvalue weighted by molar-refractivity contribution is 7.94. The van der Waals surface area contributed by atoms with E-state index in [0.717, 1.165) is 42.3 Å². The summed E-state index contributed by atoms with van der Waals surface area (Å²) in [5.74, 6) is 0. The maximum absolute atomic E-state index is 13.2. The Morgan fingerprint density at radius 1 is 0.970 bits per heavy atom. The first-order valence-corrected chi connectivity index (χ1v) is 14.0. The largest absolute Gasteiger partial charge is 0.279 e. The van der Waals surface area contributed by atoms with Gasteiger partial charge in [-0.25, -0.2) is 13.4 Å². The molecule has 0 spiro atoms. The molecule has 10 heteroatoms. The molecule has 0 amide bonds. The summed E-state index contributed by atoms with van der Waals surface area (Å²) < 4.78 is 30.5. The Morgan fingerprint density at radius 2 is 1.85 bits per heavy atom. The molecule has 0 bridgehead atoms. The van der Waals surface area contributed by atoms with Crippen molar-refractivity contribution in [1.82, 2.24) is 15.2 Å². The maximum Gasteiger partial charge on any atom is 0.271 e. The predicted octanol–water partition coefficient (Wildman–Crippen LogP) is 6.74. The summed E-state index contributed by atoms with van der Waals surface area (Å²) in [6.45, 7) is 1.93. The molecule has 6 aromatic rings. The zero-order valence-corrected chi connectivity index (χ0v) is 20.5. The second-order valence-corrected chi connectivity index (χ2v) is 12.6. The van der Waals surface area contributed by atoms with Gasteiger partial charge in [0.1, 0.15) is 4.21 Å². The Hall–Kier alpha value is -3.05. The van der Waals surface area contributed by atoms with E-state index in [0.29, 0.717) is 5.69 Å². The molecule has 0 radical (unpaired) electrons. The minimum Gasteiger partial charge on any atom is -0.279 e. The summed E-state index contributed by atoms with van der Waals surface area (Å²) in [6.07, 6.45) is 1.71. The van der Waals surface area contributed by atoms with E-state index in [2.05, 4.69) is 38.1 Å². The third-order valence-electron chi connectivity index (χ3n) is 5.21. The van der Waals surface area contributed by atoms with Crippen molar-refractivity contribution in [2.45, 2.75) is 11.1 Å². The lowest BCUT2D eigenvalue weighted by molar-refractivity contribution is 0.603. The average Bonchev–Trinajstić information content (AvgIpc) is 3.57. The lowest BCUT2D eigenvalue weighted by atomic mass is 10.1. The van der Waals surface area contributed by atoms with Crippen LogP contribution in [-0.4, -0.2) is 23.6 Å². The van der Waals surface area contributed by atoms with E-state index in [-0.39, 0.29) is 4.21 Å². The van der Waals surface area contributed by atoms with Crippen LogP contribution in [0, 0.1) is 6.92 Å². The van der Waals surface area contributed by atoms with Crippen LogP contribution in [-0.2, 0) is 10.0 Å². The van der Waals surface area contributed by atoms with Crippen molar-refractivity contribution < 1.29 is 8.42 Å². The number of aryl methyl sites for hydroxylation is 1. The van der Waals surface area contributed by atoms with E-state index in [1.807, 2.05) is 30.5 Å². The molecule has 6 nitrogen and oxygen atoms in total. The van der Waals surface area contributed by atoms with Crippen LogP contribution >= 0.6 is 34.0 Å². The molecule has 2 aromatic carbocycles. The molecular formula is C23H16N4O2S4. The number of rotatable bonds is 5. The van der Waals surface area contributed by atoms with Crippen molar-refractivity contribution in [3.63, 3.8) is 0 Å². The van der Waals surface area contributed by atoms with E-state index in [1.165, 1.54) is 16.0 Å². The Morgan fingerprint density at radius 3 is 2.67 bits per heavy atom. The monoisotopic (exact) mass is 508 g/mol. The fourth-order valence-corrected chi connectivity index (χ4v) is 7.79. The Kier molecular flexibility index (Phi) is 4.84. The number of nitrogens with zero attached hydrogens (tertiary/aromatic N) is 2. The Balaban J connectivity index is 1.39. The van der Waals surface area contributed by atoms with Crippen molar-refractivity contribution >= 4 is 70.7 Å². The van der Waals surface area contributed by atoms with Gasteiger partial charge in [-0.1, -0.05) is 18.2 Å². The van der Waals surface area contributed by atoms with Gasteiger partial charge in [0.2, 0.25) is 0 Å². The van der Waals surface area contributed by atoms with Gasteiger partial charge in [0.05, 0.1) is 33.0 Å². The second kappa shape index (κ2) is 7.77. The van der Waals surface area contributed by atoms with Crippen LogP contribution in [0.5, 0.6) is 0 Å². The van der Waals surface area contributed by atoms with Gasteiger partial charge in [-0.2, -0.15) is 5.10 Å². The number of fused-ring (bicyclic) bond motifs is 2. The summed E-state index contributed by atoms with van der Waals surface area (Å²) in [6, 6.07) is 17.4. The molecule has 4 heterocycles. The standard InChI is InChI=1S/C23H16N4O2S4/c1-13-25-18(12-30-13)20-6-7-22(32-20)33(28,29)27-16-8-15-11-24-26-23(15)17(10-16)21-9-14-4-2-3-5-19(14)31-21/h2-12,27H,1H3,(H,24,26). The van der Waals surface area contributed by atoms with Crippen LogP contribution in [0.2, 0.25) is 0 Å². The predicted molar refractivity (Wildman–Crippen MR) is 138 cm³/mol. The van der Waals surface area contributed by atoms with Crippen molar-refractivity contribution in [1.29, 1.82) is 0 Å². The average molecular weight is 509 g/mol. The van der Waals surface area contributed by atoms with Crippen LogP contribution in [0.3, 0.4) is 0 Å². The minimum atomic E-state index is -3.75. The maximum atomic E-state index is 13.2. The molecule has 0 saturated carbocycles. The first-order valence-electron chi connectivity index (χ1n) is 9.97. The highest BCUT2D eigenvalue weighted by atomic mass is 32.2. The van der Waals surface area contributed by atoms with Gasteiger partial charge in [-0.05, 0) is 48.7 Å². The quantitative estimate of drug-likeness (QED) is 0.270. The summed E-state index contributed by atoms with van der Waals surface area (Å²) in [7, 11) is -3.75. The number of hydrogen-bond donors (Lipinski definition) is 2. The van der Waals surface area contributed by atoms with Crippen LogP contribution in [0.15, 0.2) is 70.4 Å². The Bertz CT molecular complexity index is 1710. The molecule has 0 saturated heterocycles. The zero-order chi connectivity index (χ0) is 22.6. The van der Waals surface area contributed by atoms with Gasteiger partial charge < -0.3 is 0 Å². The number of benzene rings is 2. The number of hydrogen-bond acceptors (Lipinski definition) is 7. The van der Waals surface area contributed by atoms with Gasteiger partial charge in [0.15, 0.2) is 0 Å². The number of aromatic nitrogens is 3. The molecule has 0 atom stereocenters. The summed E-state index contributed by atoms with van der Waals surface area (Å²) in [5.41, 5.74) is 3.09. The molecule has 6 rings (SSSR count). The molecular weight excluding hydrogens is 493 g/mol. The number of sulfonamides is 1. The zero-order valence-electron chi connectivity index (χ0n) is 17.2. The topological polar surface area (TPSA) is 87.7 Å². The van der Waals surface area contributed by atoms with Gasteiger partial charge in [0.25, 0.3) is 10.0 Å². The fourth-order valence-electron chi connectivity index (χ4n) is 3.71. The normalized spacial score (nSPS) is 12.0. The number of nitrogens with one attached hydrogen (secondary N) is 2. The van der Waals surface area contributed by atoms with E-state index in [1.54, 1.807) is 47.1 Å². The van der Waals surface area contributed by atoms with E-state index in [4.69, 9.17) is 0 Å². The summed E-state index contributed by atoms with van der Waals surface area (Å²) >= 11 is 4.42. The van der Waals surface area contributed by atoms with Gasteiger partial charge in [-0.15, -0.1) is 34.0 Å². The van der Waals surface area contributed by atoms with E-state index < -0.39 is 10.0 Å². The highest BCUT2D eigenvalue weighted by Crippen LogP contribution is 2.39. The highest BCUT2D eigenvalue weighted by Gasteiger charge is 2.20. The molecule has 33 heavy (non-hydrogen) atoms. The molecule has 0 aliphatic carbocycles. The minimum absolute atomic E-state index is 0.249. The fraction of sp³-hybridized carbons (Fsp3) is 0.0435. The van der Waals surface area contributed by atoms with E-state index >= 15 is 0 Å². The first-order chi connectivity index (χ1) is 16.0. The van der Waals surface area contributed by atoms with Crippen LogP contribution in [0.1, 0.15) is 5.01 Å². The molecule has 4 aromatic heterocycles. The summed E-state index contributed by atoms with van der Waals surface area (Å²) in [4.78, 5) is 6.33. The van der Waals surface area contributed by atoms with Crippen LogP contribution in [0.4, 0.5) is 5.69 Å². The lowest BCUT2D eigenvalue weighted by Gasteiger charge is -2.09. The molecule has 164 valence electrons. The van der Waals surface area contributed by atoms with Gasteiger partial charge in [-0.3, -0.25) is 9.82 Å². The number of H-pyrrole nitrogens is 1. The number of thiophene rings is 2. The smallest absolute Gasteiger partial charge is 0.271 e. The van der Waals surface area contributed by atoms with Crippen LogP contribution < -0.4 is 4.72 Å². The van der Waals surface area contributed by atoms with Gasteiger partial charge in [0, 0.05) is 25.9 Å². The molecule has 0 fully saturated rings. The first kappa shape index (κ1) is 20.5. The molecule has 0 aliphatic rings. The number of thiazole rings is 1. The van der Waals surface area contributed by atoms with Crippen molar-refractivity contribution in [3.05, 3.63) is 71.2 Å². The lowest BCUT2D eigenvalue weighted by Crippen LogP contribution is -2.11. The number of aromatic amines is 1. The van der Waals surface area contributed by atoms with Crippen molar-refractivity contribution in [3.8, 4) is 21.0 Å². The second-order valence-electron chi connectivity index (χ2n) is 7.48.